The first kappa shape index (κ1) is 13.7. The number of rotatable bonds is 4. The quantitative estimate of drug-likeness (QED) is 0.701. The molecule has 0 atom stereocenters. The molecule has 92 valence electrons. The predicted octanol–water partition coefficient (Wildman–Crippen LogP) is 3.11. The maximum absolute atomic E-state index is 9.18. The van der Waals surface area contributed by atoms with Crippen molar-refractivity contribution >= 4 is 0 Å². The van der Waals surface area contributed by atoms with E-state index in [0.29, 0.717) is 18.8 Å². The van der Waals surface area contributed by atoms with Crippen LogP contribution in [0.2, 0.25) is 0 Å². The Morgan fingerprint density at radius 3 is 2.29 bits per heavy atom. The van der Waals surface area contributed by atoms with Gasteiger partial charge >= 0.3 is 0 Å². The smallest absolute Gasteiger partial charge is 0.209 e. The van der Waals surface area contributed by atoms with Crippen molar-refractivity contribution in [1.82, 2.24) is 0 Å². The average Bonchev–Trinajstić information content (AvgIpc) is 2.29. The summed E-state index contributed by atoms with van der Waals surface area (Å²) in [6.45, 7) is 8.85. The molecule has 0 aromatic heterocycles. The van der Waals surface area contributed by atoms with Crippen molar-refractivity contribution in [2.45, 2.75) is 33.5 Å². The summed E-state index contributed by atoms with van der Waals surface area (Å²) in [6, 6.07) is 2.20. The normalized spacial score (nSPS) is 17.6. The highest BCUT2D eigenvalue weighted by Crippen LogP contribution is 2.30. The van der Waals surface area contributed by atoms with Crippen LogP contribution in [0.3, 0.4) is 0 Å². The van der Waals surface area contributed by atoms with E-state index in [4.69, 9.17) is 9.47 Å². The third-order valence-electron chi connectivity index (χ3n) is 2.52. The predicted molar refractivity (Wildman–Crippen MR) is 67.2 cm³/mol. The van der Waals surface area contributed by atoms with Gasteiger partial charge in [-0.05, 0) is 45.4 Å². The van der Waals surface area contributed by atoms with Crippen molar-refractivity contribution in [2.75, 3.05) is 13.2 Å². The van der Waals surface area contributed by atoms with Gasteiger partial charge in [-0.25, -0.2) is 0 Å². The Morgan fingerprint density at radius 1 is 1.29 bits per heavy atom. The van der Waals surface area contributed by atoms with Gasteiger partial charge in [0.1, 0.15) is 0 Å². The molecule has 0 amide bonds. The lowest BCUT2D eigenvalue weighted by Gasteiger charge is -2.30. The largest absolute Gasteiger partial charge is 0.343 e. The molecule has 0 aromatic rings. The lowest BCUT2D eigenvalue weighted by molar-refractivity contribution is -0.166. The highest BCUT2D eigenvalue weighted by atomic mass is 16.7. The van der Waals surface area contributed by atoms with E-state index in [1.165, 1.54) is 0 Å². The van der Waals surface area contributed by atoms with Crippen molar-refractivity contribution < 1.29 is 9.47 Å². The molecule has 0 radical (unpaired) electrons. The molecule has 0 bridgehead atoms. The third-order valence-corrected chi connectivity index (χ3v) is 2.52. The third kappa shape index (κ3) is 3.06. The van der Waals surface area contributed by atoms with Crippen LogP contribution in [0.25, 0.3) is 0 Å². The summed E-state index contributed by atoms with van der Waals surface area (Å²) >= 11 is 0. The second kappa shape index (κ2) is 5.81. The van der Waals surface area contributed by atoms with Gasteiger partial charge in [0.2, 0.25) is 5.79 Å². The summed E-state index contributed by atoms with van der Waals surface area (Å²) in [7, 11) is 0. The van der Waals surface area contributed by atoms with Gasteiger partial charge < -0.3 is 9.47 Å². The highest BCUT2D eigenvalue weighted by Gasteiger charge is 2.30. The van der Waals surface area contributed by atoms with E-state index in [1.54, 1.807) is 6.08 Å². The molecule has 0 N–H and O–H groups in total. The molecule has 0 fully saturated rings. The Labute approximate surface area is 103 Å². The van der Waals surface area contributed by atoms with Gasteiger partial charge in [-0.15, -0.1) is 0 Å². The summed E-state index contributed by atoms with van der Waals surface area (Å²) in [5.74, 6) is -0.881. The molecule has 0 heterocycles. The molecule has 1 aliphatic carbocycles. The Bertz CT molecular complexity index is 400. The fraction of sp³-hybridized carbons (Fsp3) is 0.500. The fourth-order valence-corrected chi connectivity index (χ4v) is 1.82. The van der Waals surface area contributed by atoms with E-state index in [9.17, 15) is 5.26 Å². The van der Waals surface area contributed by atoms with Crippen molar-refractivity contribution in [3.05, 3.63) is 34.9 Å². The van der Waals surface area contributed by atoms with Crippen LogP contribution in [-0.4, -0.2) is 19.0 Å². The van der Waals surface area contributed by atoms with Gasteiger partial charge in [0, 0.05) is 13.2 Å². The Hall–Kier alpha value is -1.37. The number of nitrogens with zero attached hydrogens (tertiary/aromatic N) is 1. The molecule has 0 spiro atoms. The second-order valence-electron chi connectivity index (χ2n) is 4.00. The van der Waals surface area contributed by atoms with Gasteiger partial charge in [0.25, 0.3) is 0 Å². The molecule has 3 nitrogen and oxygen atoms in total. The lowest BCUT2D eigenvalue weighted by Crippen LogP contribution is -2.33. The van der Waals surface area contributed by atoms with E-state index in [1.807, 2.05) is 39.8 Å². The van der Waals surface area contributed by atoms with Crippen LogP contribution >= 0.6 is 0 Å². The molecule has 1 rings (SSSR count). The lowest BCUT2D eigenvalue weighted by atomic mass is 9.94. The molecule has 17 heavy (non-hydrogen) atoms. The summed E-state index contributed by atoms with van der Waals surface area (Å²) in [5, 5.41) is 9.18. The Kier molecular flexibility index (Phi) is 4.68. The molecule has 0 saturated carbocycles. The molecular formula is C14H19NO2. The van der Waals surface area contributed by atoms with Crippen LogP contribution < -0.4 is 0 Å². The van der Waals surface area contributed by atoms with Gasteiger partial charge in [0.15, 0.2) is 0 Å². The fourth-order valence-electron chi connectivity index (χ4n) is 1.82. The van der Waals surface area contributed by atoms with Gasteiger partial charge in [0.05, 0.1) is 11.6 Å². The monoisotopic (exact) mass is 233 g/mol. The van der Waals surface area contributed by atoms with Crippen molar-refractivity contribution in [3.63, 3.8) is 0 Å². The van der Waals surface area contributed by atoms with Crippen molar-refractivity contribution in [1.29, 1.82) is 5.26 Å². The molecule has 0 unspecified atom stereocenters. The van der Waals surface area contributed by atoms with E-state index >= 15 is 0 Å². The minimum absolute atomic E-state index is 0.531. The standard InChI is InChI=1S/C14H19NO2/c1-5-16-14(17-6-2)8-7-13(11(3)4)12(9-14)10-15/h7-9H,5-6H2,1-4H3. The van der Waals surface area contributed by atoms with Gasteiger partial charge in [-0.2, -0.15) is 5.26 Å². The Morgan fingerprint density at radius 2 is 1.88 bits per heavy atom. The van der Waals surface area contributed by atoms with Crippen molar-refractivity contribution in [3.8, 4) is 6.07 Å². The van der Waals surface area contributed by atoms with Crippen LogP contribution in [0, 0.1) is 11.3 Å². The van der Waals surface area contributed by atoms with E-state index < -0.39 is 5.79 Å². The first-order valence-electron chi connectivity index (χ1n) is 5.86. The molecular weight excluding hydrogens is 214 g/mol. The van der Waals surface area contributed by atoms with Crippen LogP contribution in [0.15, 0.2) is 34.9 Å². The van der Waals surface area contributed by atoms with E-state index in [0.717, 1.165) is 11.1 Å². The molecule has 0 saturated heterocycles. The SMILES string of the molecule is CCOC1(OCC)C=CC(=C(C)C)C(C#N)=C1. The molecule has 0 aromatic carbocycles. The number of hydrogen-bond acceptors (Lipinski definition) is 3. The van der Waals surface area contributed by atoms with Gasteiger partial charge in [-0.1, -0.05) is 11.6 Å². The number of ether oxygens (including phenoxy) is 2. The van der Waals surface area contributed by atoms with E-state index in [2.05, 4.69) is 6.07 Å². The number of allylic oxidation sites excluding steroid dienone is 4. The average molecular weight is 233 g/mol. The number of nitriles is 1. The zero-order valence-corrected chi connectivity index (χ0v) is 10.9. The molecule has 0 aliphatic heterocycles. The summed E-state index contributed by atoms with van der Waals surface area (Å²) in [6.07, 6.45) is 5.52. The minimum Gasteiger partial charge on any atom is -0.343 e. The highest BCUT2D eigenvalue weighted by molar-refractivity contribution is 5.54. The van der Waals surface area contributed by atoms with Crippen LogP contribution in [0.4, 0.5) is 0 Å². The van der Waals surface area contributed by atoms with Crippen LogP contribution in [0.1, 0.15) is 27.7 Å². The van der Waals surface area contributed by atoms with Crippen molar-refractivity contribution in [2.24, 2.45) is 0 Å². The maximum Gasteiger partial charge on any atom is 0.209 e. The molecule has 3 heteroatoms. The minimum atomic E-state index is -0.881. The van der Waals surface area contributed by atoms with E-state index in [-0.39, 0.29) is 0 Å². The topological polar surface area (TPSA) is 42.2 Å². The second-order valence-corrected chi connectivity index (χ2v) is 4.00. The maximum atomic E-state index is 9.18. The van der Waals surface area contributed by atoms with Gasteiger partial charge in [-0.3, -0.25) is 0 Å². The zero-order valence-electron chi connectivity index (χ0n) is 10.9. The van der Waals surface area contributed by atoms with Crippen LogP contribution in [-0.2, 0) is 9.47 Å². The number of hydrogen-bond donors (Lipinski definition) is 0. The first-order chi connectivity index (χ1) is 8.08. The first-order valence-corrected chi connectivity index (χ1v) is 5.86. The summed E-state index contributed by atoms with van der Waals surface area (Å²) in [4.78, 5) is 0. The molecule has 1 aliphatic rings. The Balaban J connectivity index is 3.16. The summed E-state index contributed by atoms with van der Waals surface area (Å²) in [5.41, 5.74) is 2.66. The van der Waals surface area contributed by atoms with Crippen LogP contribution in [0.5, 0.6) is 0 Å². The zero-order chi connectivity index (χ0) is 12.9. The summed E-state index contributed by atoms with van der Waals surface area (Å²) < 4.78 is 11.2.